The molecular formula is C16H25NO2. The van der Waals surface area contributed by atoms with Gasteiger partial charge in [-0.25, -0.2) is 0 Å². The molecule has 1 atom stereocenters. The van der Waals surface area contributed by atoms with Gasteiger partial charge in [-0.05, 0) is 24.0 Å². The zero-order chi connectivity index (χ0) is 13.5. The summed E-state index contributed by atoms with van der Waals surface area (Å²) in [6.07, 6.45) is 6.44. The highest BCUT2D eigenvalue weighted by atomic mass is 16.5. The highest BCUT2D eigenvalue weighted by Gasteiger charge is 2.18. The molecule has 0 radical (unpaired) electrons. The van der Waals surface area contributed by atoms with Gasteiger partial charge in [-0.2, -0.15) is 0 Å². The molecule has 0 aromatic heterocycles. The lowest BCUT2D eigenvalue weighted by Gasteiger charge is -2.28. The van der Waals surface area contributed by atoms with Crippen molar-refractivity contribution in [3.63, 3.8) is 0 Å². The smallest absolute Gasteiger partial charge is 0.0713 e. The van der Waals surface area contributed by atoms with Gasteiger partial charge in [0.1, 0.15) is 0 Å². The van der Waals surface area contributed by atoms with Crippen LogP contribution in [-0.2, 0) is 11.3 Å². The van der Waals surface area contributed by atoms with E-state index in [1.807, 2.05) is 0 Å². The summed E-state index contributed by atoms with van der Waals surface area (Å²) in [5, 5.41) is 13.2. The second-order valence-corrected chi connectivity index (χ2v) is 5.41. The van der Waals surface area contributed by atoms with Crippen molar-refractivity contribution in [2.45, 2.75) is 50.8 Å². The summed E-state index contributed by atoms with van der Waals surface area (Å²) in [6, 6.07) is 8.94. The number of ether oxygens (including phenoxy) is 1. The van der Waals surface area contributed by atoms with Crippen LogP contribution in [0.3, 0.4) is 0 Å². The Morgan fingerprint density at radius 2 is 1.89 bits per heavy atom. The molecule has 0 spiro atoms. The van der Waals surface area contributed by atoms with Crippen molar-refractivity contribution in [2.24, 2.45) is 0 Å². The predicted octanol–water partition coefficient (Wildman–Crippen LogP) is 2.79. The first-order valence-corrected chi connectivity index (χ1v) is 7.28. The van der Waals surface area contributed by atoms with E-state index >= 15 is 0 Å². The van der Waals surface area contributed by atoms with Crippen LogP contribution in [-0.4, -0.2) is 24.9 Å². The Morgan fingerprint density at radius 1 is 1.21 bits per heavy atom. The van der Waals surface area contributed by atoms with E-state index in [4.69, 9.17) is 4.74 Å². The number of rotatable bonds is 6. The van der Waals surface area contributed by atoms with Gasteiger partial charge in [-0.1, -0.05) is 43.5 Å². The third kappa shape index (κ3) is 4.30. The van der Waals surface area contributed by atoms with Gasteiger partial charge in [-0.3, -0.25) is 0 Å². The molecule has 1 aromatic carbocycles. The number of methoxy groups -OCH3 is 1. The molecule has 1 unspecified atom stereocenters. The Morgan fingerprint density at radius 3 is 2.47 bits per heavy atom. The lowest BCUT2D eigenvalue weighted by molar-refractivity contribution is 0.185. The molecule has 1 aliphatic rings. The summed E-state index contributed by atoms with van der Waals surface area (Å²) in [5.41, 5.74) is 2.33. The van der Waals surface area contributed by atoms with E-state index in [1.54, 1.807) is 7.11 Å². The zero-order valence-electron chi connectivity index (χ0n) is 11.8. The maximum absolute atomic E-state index is 9.60. The van der Waals surface area contributed by atoms with E-state index in [0.29, 0.717) is 12.6 Å². The van der Waals surface area contributed by atoms with Crippen LogP contribution in [0.15, 0.2) is 24.3 Å². The van der Waals surface area contributed by atoms with Gasteiger partial charge in [0, 0.05) is 13.2 Å². The van der Waals surface area contributed by atoms with Gasteiger partial charge in [0.25, 0.3) is 0 Å². The number of aliphatic hydroxyl groups excluding tert-OH is 1. The predicted molar refractivity (Wildman–Crippen MR) is 77.0 cm³/mol. The van der Waals surface area contributed by atoms with Crippen molar-refractivity contribution in [2.75, 3.05) is 13.7 Å². The standard InChI is InChI=1S/C16H25NO2/c1-19-12-13-7-9-14(10-8-13)16(11-18)17-15-5-3-2-4-6-15/h7-10,15-18H,2-6,11-12H2,1H3. The Hall–Kier alpha value is -0.900. The second-order valence-electron chi connectivity index (χ2n) is 5.41. The first-order chi connectivity index (χ1) is 9.33. The molecule has 1 aromatic rings. The fraction of sp³-hybridized carbons (Fsp3) is 0.625. The quantitative estimate of drug-likeness (QED) is 0.829. The van der Waals surface area contributed by atoms with Crippen LogP contribution in [0.4, 0.5) is 0 Å². The number of aliphatic hydroxyl groups is 1. The molecule has 19 heavy (non-hydrogen) atoms. The molecule has 1 fully saturated rings. The minimum absolute atomic E-state index is 0.0553. The third-order valence-electron chi connectivity index (χ3n) is 3.92. The summed E-state index contributed by atoms with van der Waals surface area (Å²) in [6.45, 7) is 0.792. The summed E-state index contributed by atoms with van der Waals surface area (Å²) >= 11 is 0. The third-order valence-corrected chi connectivity index (χ3v) is 3.92. The zero-order valence-corrected chi connectivity index (χ0v) is 11.8. The topological polar surface area (TPSA) is 41.5 Å². The van der Waals surface area contributed by atoms with Gasteiger partial charge in [0.2, 0.25) is 0 Å². The molecule has 0 aliphatic heterocycles. The fourth-order valence-electron chi connectivity index (χ4n) is 2.82. The van der Waals surface area contributed by atoms with Gasteiger partial charge >= 0.3 is 0 Å². The van der Waals surface area contributed by atoms with E-state index < -0.39 is 0 Å². The van der Waals surface area contributed by atoms with Crippen LogP contribution in [0.1, 0.15) is 49.3 Å². The summed E-state index contributed by atoms with van der Waals surface area (Å²) in [4.78, 5) is 0. The van der Waals surface area contributed by atoms with Crippen LogP contribution in [0, 0.1) is 0 Å². The molecule has 106 valence electrons. The van der Waals surface area contributed by atoms with Gasteiger partial charge in [-0.15, -0.1) is 0 Å². The molecule has 3 nitrogen and oxygen atoms in total. The molecule has 2 rings (SSSR count). The van der Waals surface area contributed by atoms with Crippen LogP contribution < -0.4 is 5.32 Å². The Labute approximate surface area is 116 Å². The number of hydrogen-bond acceptors (Lipinski definition) is 3. The number of hydrogen-bond donors (Lipinski definition) is 2. The lowest BCUT2D eigenvalue weighted by atomic mass is 9.94. The number of benzene rings is 1. The van der Waals surface area contributed by atoms with E-state index in [2.05, 4.69) is 29.6 Å². The lowest BCUT2D eigenvalue weighted by Crippen LogP contribution is -2.36. The van der Waals surface area contributed by atoms with Crippen molar-refractivity contribution in [3.05, 3.63) is 35.4 Å². The van der Waals surface area contributed by atoms with E-state index in [9.17, 15) is 5.11 Å². The van der Waals surface area contributed by atoms with Gasteiger partial charge in [0.15, 0.2) is 0 Å². The average molecular weight is 263 g/mol. The molecule has 0 amide bonds. The summed E-state index contributed by atoms with van der Waals surface area (Å²) < 4.78 is 5.11. The maximum Gasteiger partial charge on any atom is 0.0713 e. The largest absolute Gasteiger partial charge is 0.394 e. The molecule has 0 heterocycles. The van der Waals surface area contributed by atoms with E-state index in [1.165, 1.54) is 37.7 Å². The van der Waals surface area contributed by atoms with Crippen LogP contribution >= 0.6 is 0 Å². The van der Waals surface area contributed by atoms with Crippen molar-refractivity contribution in [1.29, 1.82) is 0 Å². The monoisotopic (exact) mass is 263 g/mol. The molecule has 2 N–H and O–H groups in total. The van der Waals surface area contributed by atoms with Crippen molar-refractivity contribution in [1.82, 2.24) is 5.32 Å². The number of nitrogens with one attached hydrogen (secondary N) is 1. The minimum Gasteiger partial charge on any atom is -0.394 e. The van der Waals surface area contributed by atoms with E-state index in [-0.39, 0.29) is 12.6 Å². The summed E-state index contributed by atoms with van der Waals surface area (Å²) in [7, 11) is 1.70. The Bertz CT molecular complexity index is 358. The molecule has 0 saturated heterocycles. The van der Waals surface area contributed by atoms with Crippen LogP contribution in [0.5, 0.6) is 0 Å². The highest BCUT2D eigenvalue weighted by Crippen LogP contribution is 2.22. The maximum atomic E-state index is 9.60. The van der Waals surface area contributed by atoms with Crippen LogP contribution in [0.25, 0.3) is 0 Å². The Balaban J connectivity index is 1.95. The minimum atomic E-state index is 0.0553. The molecule has 1 saturated carbocycles. The molecule has 3 heteroatoms. The highest BCUT2D eigenvalue weighted by molar-refractivity contribution is 5.25. The van der Waals surface area contributed by atoms with Crippen molar-refractivity contribution >= 4 is 0 Å². The van der Waals surface area contributed by atoms with Crippen LogP contribution in [0.2, 0.25) is 0 Å². The average Bonchev–Trinajstić information content (AvgIpc) is 2.47. The second kappa shape index (κ2) is 7.63. The molecule has 0 bridgehead atoms. The van der Waals surface area contributed by atoms with Gasteiger partial charge in [0.05, 0.1) is 19.3 Å². The fourth-order valence-corrected chi connectivity index (χ4v) is 2.82. The normalized spacial score (nSPS) is 18.4. The summed E-state index contributed by atoms with van der Waals surface area (Å²) in [5.74, 6) is 0. The first kappa shape index (κ1) is 14.5. The van der Waals surface area contributed by atoms with Crippen molar-refractivity contribution < 1.29 is 9.84 Å². The van der Waals surface area contributed by atoms with E-state index in [0.717, 1.165) is 5.56 Å². The van der Waals surface area contributed by atoms with Gasteiger partial charge < -0.3 is 15.2 Å². The first-order valence-electron chi connectivity index (χ1n) is 7.28. The SMILES string of the molecule is COCc1ccc(C(CO)NC2CCCCC2)cc1. The molecular weight excluding hydrogens is 238 g/mol. The molecule has 1 aliphatic carbocycles. The van der Waals surface area contributed by atoms with Crippen molar-refractivity contribution in [3.8, 4) is 0 Å². The Kier molecular flexibility index (Phi) is 5.83.